The lowest BCUT2D eigenvalue weighted by Crippen LogP contribution is -2.71. The highest BCUT2D eigenvalue weighted by Crippen LogP contribution is 2.46. The van der Waals surface area contributed by atoms with Gasteiger partial charge in [0.15, 0.2) is 16.9 Å². The molecule has 72 heavy (non-hydrogen) atoms. The van der Waals surface area contributed by atoms with Crippen molar-refractivity contribution in [2.24, 2.45) is 12.2 Å². The molecule has 0 spiro atoms. The Morgan fingerprint density at radius 2 is 1.36 bits per heavy atom. The van der Waals surface area contributed by atoms with E-state index < -0.39 is 52.6 Å². The molecular formula is C53H48N8O7S4. The zero-order valence-corrected chi connectivity index (χ0v) is 42.7. The molecule has 2 atom stereocenters. The van der Waals surface area contributed by atoms with Gasteiger partial charge >= 0.3 is 12.1 Å². The number of carbonyl (C=O) groups excluding carboxylic acids is 4. The smallest absolute Gasteiger partial charge is 0.413 e. The van der Waals surface area contributed by atoms with Crippen molar-refractivity contribution in [2.45, 2.75) is 54.5 Å². The third-order valence-corrected chi connectivity index (χ3v) is 15.6. The number of rotatable bonds is 17. The topological polar surface area (TPSA) is 179 Å². The van der Waals surface area contributed by atoms with Crippen LogP contribution in [-0.2, 0) is 41.3 Å². The van der Waals surface area contributed by atoms with Crippen LogP contribution in [0.15, 0.2) is 184 Å². The fraction of sp³-hybridized carbons (Fsp3) is 0.208. The number of ether oxygens (including phenoxy) is 2. The van der Waals surface area contributed by atoms with Gasteiger partial charge in [-0.3, -0.25) is 19.8 Å². The van der Waals surface area contributed by atoms with Crippen LogP contribution in [-0.4, -0.2) is 82.3 Å². The molecule has 0 aliphatic carbocycles. The lowest BCUT2D eigenvalue weighted by molar-refractivity contribution is -0.154. The van der Waals surface area contributed by atoms with E-state index in [1.54, 1.807) is 39.4 Å². The molecule has 2 aliphatic heterocycles. The molecule has 7 aromatic rings. The maximum atomic E-state index is 15.0. The number of aryl methyl sites for hydroxylation is 1. The van der Waals surface area contributed by atoms with Gasteiger partial charge in [-0.15, -0.1) is 40.0 Å². The van der Waals surface area contributed by atoms with E-state index in [0.29, 0.717) is 20.8 Å². The number of anilines is 1. The highest BCUT2D eigenvalue weighted by molar-refractivity contribution is 8.18. The first-order valence-electron chi connectivity index (χ1n) is 22.7. The standard InChI is InChI=1S/C53H48N8O7S4/c1-52(2,3)67-51(65)57-50-55-39(31-70-50)42(59-68-53(36-24-14-7-15-25-36,37-26-16-8-17-27-37)38-28-18-9-19-29-38)46(62)56-43-47(63)61-44(40(32-69-48(43)61)71-33-72-41-30-54-60(4)58-41)49(64)66-45(34-20-10-5-11-21-34)35-22-12-6-13-23-35/h5-31,43,45,48H,32-33H2,1-4H3,(H,56,62)(H,55,57,65)/t43-,48+/m1/s1. The molecule has 2 aromatic heterocycles. The monoisotopic (exact) mass is 1040 g/mol. The summed E-state index contributed by atoms with van der Waals surface area (Å²) in [7, 11) is 1.74. The van der Waals surface area contributed by atoms with Crippen molar-refractivity contribution < 1.29 is 33.5 Å². The number of amides is 3. The van der Waals surface area contributed by atoms with Gasteiger partial charge in [0.25, 0.3) is 11.8 Å². The number of nitrogens with zero attached hydrogens (tertiary/aromatic N) is 6. The zero-order chi connectivity index (χ0) is 50.2. The Morgan fingerprint density at radius 3 is 1.89 bits per heavy atom. The van der Waals surface area contributed by atoms with Crippen molar-refractivity contribution >= 4 is 81.3 Å². The Kier molecular flexibility index (Phi) is 15.3. The van der Waals surface area contributed by atoms with Crippen molar-refractivity contribution in [3.8, 4) is 0 Å². The van der Waals surface area contributed by atoms with Crippen molar-refractivity contribution in [1.29, 1.82) is 0 Å². The summed E-state index contributed by atoms with van der Waals surface area (Å²) in [5.41, 5.74) is 1.38. The normalized spacial score (nSPS) is 15.9. The maximum Gasteiger partial charge on any atom is 0.413 e. The number of oxime groups is 1. The molecule has 2 N–H and O–H groups in total. The molecule has 9 rings (SSSR count). The van der Waals surface area contributed by atoms with Crippen LogP contribution < -0.4 is 10.6 Å². The Hall–Kier alpha value is -7.19. The number of hydrogen-bond acceptors (Lipinski definition) is 15. The number of nitrogens with one attached hydrogen (secondary N) is 2. The summed E-state index contributed by atoms with van der Waals surface area (Å²) in [6.45, 7) is 5.23. The van der Waals surface area contributed by atoms with E-state index in [0.717, 1.165) is 39.2 Å². The fourth-order valence-electron chi connectivity index (χ4n) is 8.03. The summed E-state index contributed by atoms with van der Waals surface area (Å²) in [6, 6.07) is 46.3. The molecule has 1 saturated heterocycles. The maximum absolute atomic E-state index is 15.0. The molecule has 0 unspecified atom stereocenters. The molecule has 5 aromatic carbocycles. The summed E-state index contributed by atoms with van der Waals surface area (Å²) >= 11 is 5.32. The van der Waals surface area contributed by atoms with Gasteiger partial charge in [-0.2, -0.15) is 9.90 Å². The largest absolute Gasteiger partial charge is 0.448 e. The van der Waals surface area contributed by atoms with Crippen LogP contribution in [0.25, 0.3) is 0 Å². The van der Waals surface area contributed by atoms with Gasteiger partial charge in [0.1, 0.15) is 33.4 Å². The van der Waals surface area contributed by atoms with Crippen LogP contribution in [0.2, 0.25) is 0 Å². The van der Waals surface area contributed by atoms with Gasteiger partial charge in [-0.1, -0.05) is 169 Å². The van der Waals surface area contributed by atoms with E-state index in [9.17, 15) is 19.2 Å². The van der Waals surface area contributed by atoms with E-state index in [1.165, 1.54) is 45.0 Å². The zero-order valence-electron chi connectivity index (χ0n) is 39.4. The van der Waals surface area contributed by atoms with Crippen LogP contribution in [0, 0.1) is 0 Å². The highest BCUT2D eigenvalue weighted by Gasteiger charge is 2.55. The first-order valence-corrected chi connectivity index (χ1v) is 26.6. The number of carbonyl (C=O) groups is 4. The highest BCUT2D eigenvalue weighted by atomic mass is 32.2. The van der Waals surface area contributed by atoms with Crippen molar-refractivity contribution in [2.75, 3.05) is 16.2 Å². The van der Waals surface area contributed by atoms with E-state index >= 15 is 0 Å². The third-order valence-electron chi connectivity index (χ3n) is 11.2. The number of aromatic nitrogens is 4. The Balaban J connectivity index is 1.05. The first kappa shape index (κ1) is 49.8. The lowest BCUT2D eigenvalue weighted by Gasteiger charge is -2.49. The number of hydrogen-bond donors (Lipinski definition) is 2. The average molecular weight is 1040 g/mol. The predicted molar refractivity (Wildman–Crippen MR) is 281 cm³/mol. The second-order valence-electron chi connectivity index (χ2n) is 17.3. The average Bonchev–Trinajstić information content (AvgIpc) is 4.04. The molecule has 366 valence electrons. The molecular weight excluding hydrogens is 989 g/mol. The number of benzene rings is 5. The number of fused-ring (bicyclic) bond motifs is 1. The van der Waals surface area contributed by atoms with Gasteiger partial charge in [-0.05, 0) is 31.9 Å². The van der Waals surface area contributed by atoms with E-state index in [2.05, 4.69) is 31.0 Å². The number of β-lactam (4-membered cyclic amide) rings is 1. The van der Waals surface area contributed by atoms with E-state index in [-0.39, 0.29) is 22.2 Å². The predicted octanol–water partition coefficient (Wildman–Crippen LogP) is 9.76. The minimum absolute atomic E-state index is 0.0582. The first-order chi connectivity index (χ1) is 34.9. The van der Waals surface area contributed by atoms with Gasteiger partial charge in [0, 0.05) is 39.8 Å². The van der Waals surface area contributed by atoms with Crippen LogP contribution in [0.4, 0.5) is 9.93 Å². The van der Waals surface area contributed by atoms with Gasteiger partial charge in [0.05, 0.1) is 11.3 Å². The summed E-state index contributed by atoms with van der Waals surface area (Å²) < 4.78 is 11.9. The molecule has 2 aliphatic rings. The lowest BCUT2D eigenvalue weighted by atomic mass is 9.80. The Labute approximate surface area is 432 Å². The Bertz CT molecular complexity index is 2960. The number of esters is 1. The fourth-order valence-corrected chi connectivity index (χ4v) is 12.3. The minimum atomic E-state index is -1.39. The van der Waals surface area contributed by atoms with Crippen molar-refractivity contribution in [1.82, 2.24) is 30.2 Å². The second-order valence-corrected chi connectivity index (χ2v) is 21.7. The van der Waals surface area contributed by atoms with E-state index in [4.69, 9.17) is 14.3 Å². The van der Waals surface area contributed by atoms with Crippen LogP contribution in [0.3, 0.4) is 0 Å². The summed E-state index contributed by atoms with van der Waals surface area (Å²) in [5.74, 6) is -1.67. The summed E-state index contributed by atoms with van der Waals surface area (Å²) in [6.07, 6.45) is 0.141. The van der Waals surface area contributed by atoms with E-state index in [1.807, 2.05) is 152 Å². The summed E-state index contributed by atoms with van der Waals surface area (Å²) in [4.78, 5) is 72.1. The van der Waals surface area contributed by atoms with Crippen molar-refractivity contribution in [3.05, 3.63) is 207 Å². The van der Waals surface area contributed by atoms with Crippen LogP contribution in [0.1, 0.15) is 60.4 Å². The molecule has 15 nitrogen and oxygen atoms in total. The van der Waals surface area contributed by atoms with Gasteiger partial charge in [-0.25, -0.2) is 14.6 Å². The molecule has 4 heterocycles. The molecule has 0 radical (unpaired) electrons. The molecule has 0 saturated carbocycles. The molecule has 3 amide bonds. The molecule has 1 fully saturated rings. The van der Waals surface area contributed by atoms with Crippen LogP contribution >= 0.6 is 46.6 Å². The SMILES string of the molecule is Cn1ncc(SCSC2=C(C(=O)OC(c3ccccc3)c3ccccc3)N3C(=O)[C@@H](NC(=O)C(=NOC(c4ccccc4)(c4ccccc4)c4ccccc4)c4csc(NC(=O)OC(C)(C)C)n4)[C@@H]3SC2)n1. The van der Waals surface area contributed by atoms with Gasteiger partial charge in [0.2, 0.25) is 5.60 Å². The minimum Gasteiger partial charge on any atom is -0.448 e. The quantitative estimate of drug-likeness (QED) is 0.0168. The molecule has 19 heteroatoms. The van der Waals surface area contributed by atoms with Gasteiger partial charge < -0.3 is 19.6 Å². The van der Waals surface area contributed by atoms with Crippen LogP contribution in [0.5, 0.6) is 0 Å². The summed E-state index contributed by atoms with van der Waals surface area (Å²) in [5, 5.41) is 20.9. The number of thioether (sulfide) groups is 3. The third kappa shape index (κ3) is 11.1. The molecule has 0 bridgehead atoms. The van der Waals surface area contributed by atoms with Crippen molar-refractivity contribution in [3.63, 3.8) is 0 Å². The number of thiazole rings is 1. The Morgan fingerprint density at radius 1 is 0.806 bits per heavy atom. The second kappa shape index (κ2) is 22.1.